The van der Waals surface area contributed by atoms with Crippen LogP contribution in [0.3, 0.4) is 0 Å². The Morgan fingerprint density at radius 1 is 1.39 bits per heavy atom. The minimum absolute atomic E-state index is 0.404. The van der Waals surface area contributed by atoms with Crippen molar-refractivity contribution in [3.8, 4) is 0 Å². The third-order valence-electron chi connectivity index (χ3n) is 2.80. The Morgan fingerprint density at radius 3 is 2.83 bits per heavy atom. The summed E-state index contributed by atoms with van der Waals surface area (Å²) < 4.78 is 26.6. The topological polar surface area (TPSA) is 27.6 Å². The van der Waals surface area contributed by atoms with Gasteiger partial charge in [-0.3, -0.25) is 4.99 Å². The summed E-state index contributed by atoms with van der Waals surface area (Å²) >= 11 is 3.22. The van der Waals surface area contributed by atoms with Crippen LogP contribution in [0.1, 0.15) is 12.0 Å². The van der Waals surface area contributed by atoms with Crippen LogP contribution in [0.25, 0.3) is 0 Å². The molecule has 3 nitrogen and oxygen atoms in total. The molecule has 0 unspecified atom stereocenters. The van der Waals surface area contributed by atoms with Crippen molar-refractivity contribution in [2.24, 2.45) is 4.99 Å². The Hall–Kier alpha value is -1.17. The maximum Gasteiger partial charge on any atom is 0.193 e. The molecule has 0 saturated carbocycles. The Balaban J connectivity index is 2.06. The maximum absolute atomic E-state index is 13.1. The number of aliphatic imine (C=N–C) groups is 1. The quantitative estimate of drug-likeness (QED) is 0.849. The normalized spacial score (nSPS) is 15.6. The maximum atomic E-state index is 13.1. The number of guanidine groups is 1. The molecular weight excluding hydrogens is 304 g/mol. The van der Waals surface area contributed by atoms with E-state index in [-0.39, 0.29) is 0 Å². The highest BCUT2D eigenvalue weighted by atomic mass is 79.9. The zero-order chi connectivity index (χ0) is 13.1. The number of hydrogen-bond acceptors (Lipinski definition) is 3. The minimum Gasteiger partial charge on any atom is -0.352 e. The summed E-state index contributed by atoms with van der Waals surface area (Å²) in [6.07, 6.45) is 1.04. The molecule has 1 aromatic carbocycles. The van der Waals surface area contributed by atoms with Gasteiger partial charge in [0, 0.05) is 31.2 Å². The lowest BCUT2D eigenvalue weighted by Gasteiger charge is -2.25. The standard InChI is InChI=1S/C12H14BrF2N3/c1-18-4-2-3-16-12(18)17-7-8-5-10(14)11(15)6-9(8)13/h5-6H,2-4,7H2,1H3,(H,16,17). The molecule has 0 atom stereocenters. The van der Waals surface area contributed by atoms with Gasteiger partial charge in [0.2, 0.25) is 0 Å². The van der Waals surface area contributed by atoms with Crippen molar-refractivity contribution in [2.45, 2.75) is 13.0 Å². The lowest BCUT2D eigenvalue weighted by Crippen LogP contribution is -2.41. The van der Waals surface area contributed by atoms with Crippen LogP contribution in [0.15, 0.2) is 21.6 Å². The van der Waals surface area contributed by atoms with Crippen LogP contribution in [0.4, 0.5) is 8.78 Å². The Morgan fingerprint density at radius 2 is 2.11 bits per heavy atom. The molecule has 0 radical (unpaired) electrons. The fourth-order valence-electron chi connectivity index (χ4n) is 1.78. The molecule has 0 bridgehead atoms. The van der Waals surface area contributed by atoms with Gasteiger partial charge >= 0.3 is 0 Å². The van der Waals surface area contributed by atoms with Gasteiger partial charge in [0.25, 0.3) is 0 Å². The summed E-state index contributed by atoms with van der Waals surface area (Å²) in [5.41, 5.74) is 0.663. The van der Waals surface area contributed by atoms with Crippen LogP contribution in [-0.2, 0) is 6.54 Å². The van der Waals surface area contributed by atoms with Crippen molar-refractivity contribution in [3.63, 3.8) is 0 Å². The van der Waals surface area contributed by atoms with E-state index in [0.29, 0.717) is 16.6 Å². The van der Waals surface area contributed by atoms with E-state index >= 15 is 0 Å². The molecular formula is C12H14BrF2N3. The zero-order valence-corrected chi connectivity index (χ0v) is 11.6. The monoisotopic (exact) mass is 317 g/mol. The molecule has 2 rings (SSSR count). The molecule has 0 aromatic heterocycles. The van der Waals surface area contributed by atoms with E-state index < -0.39 is 11.6 Å². The number of hydrogen-bond donors (Lipinski definition) is 1. The van der Waals surface area contributed by atoms with E-state index in [2.05, 4.69) is 26.2 Å². The first kappa shape index (κ1) is 13.3. The van der Waals surface area contributed by atoms with E-state index in [1.807, 2.05) is 11.9 Å². The van der Waals surface area contributed by atoms with Crippen LogP contribution >= 0.6 is 15.9 Å². The molecule has 18 heavy (non-hydrogen) atoms. The highest BCUT2D eigenvalue weighted by Gasteiger charge is 2.12. The molecule has 0 amide bonds. The van der Waals surface area contributed by atoms with Crippen molar-refractivity contribution < 1.29 is 8.78 Å². The first-order chi connectivity index (χ1) is 8.58. The van der Waals surface area contributed by atoms with E-state index in [4.69, 9.17) is 0 Å². The van der Waals surface area contributed by atoms with Gasteiger partial charge in [-0.15, -0.1) is 0 Å². The molecule has 98 valence electrons. The summed E-state index contributed by atoms with van der Waals surface area (Å²) in [5.74, 6) is -0.899. The third-order valence-corrected chi connectivity index (χ3v) is 3.54. The summed E-state index contributed by atoms with van der Waals surface area (Å²) in [5, 5.41) is 3.13. The van der Waals surface area contributed by atoms with E-state index in [9.17, 15) is 8.78 Å². The second kappa shape index (κ2) is 5.65. The van der Waals surface area contributed by atoms with Crippen molar-refractivity contribution in [3.05, 3.63) is 33.8 Å². The van der Waals surface area contributed by atoms with Crippen molar-refractivity contribution in [1.29, 1.82) is 0 Å². The summed E-state index contributed by atoms with van der Waals surface area (Å²) in [4.78, 5) is 6.35. The smallest absolute Gasteiger partial charge is 0.193 e. The van der Waals surface area contributed by atoms with Crippen LogP contribution in [0.2, 0.25) is 0 Å². The van der Waals surface area contributed by atoms with Crippen LogP contribution in [-0.4, -0.2) is 31.0 Å². The number of benzene rings is 1. The van der Waals surface area contributed by atoms with Gasteiger partial charge < -0.3 is 10.2 Å². The predicted molar refractivity (Wildman–Crippen MR) is 70.4 cm³/mol. The van der Waals surface area contributed by atoms with E-state index in [1.165, 1.54) is 6.07 Å². The molecule has 0 spiro atoms. The average Bonchev–Trinajstić information content (AvgIpc) is 2.34. The summed E-state index contributed by atoms with van der Waals surface area (Å²) in [7, 11) is 1.95. The Labute approximate surface area is 113 Å². The fourth-order valence-corrected chi connectivity index (χ4v) is 2.24. The molecule has 0 saturated heterocycles. The molecule has 0 aliphatic carbocycles. The van der Waals surface area contributed by atoms with Crippen molar-refractivity contribution >= 4 is 21.9 Å². The van der Waals surface area contributed by atoms with Gasteiger partial charge in [0.1, 0.15) is 0 Å². The second-order valence-electron chi connectivity index (χ2n) is 4.19. The molecule has 6 heteroatoms. The van der Waals surface area contributed by atoms with Crippen molar-refractivity contribution in [2.75, 3.05) is 20.1 Å². The first-order valence-electron chi connectivity index (χ1n) is 5.71. The SMILES string of the molecule is CN1CCCN=C1NCc1cc(F)c(F)cc1Br. The van der Waals surface area contributed by atoms with Gasteiger partial charge in [0.15, 0.2) is 17.6 Å². The lowest BCUT2D eigenvalue weighted by molar-refractivity contribution is 0.445. The van der Waals surface area contributed by atoms with Gasteiger partial charge in [0.05, 0.1) is 0 Å². The van der Waals surface area contributed by atoms with E-state index in [0.717, 1.165) is 31.5 Å². The fraction of sp³-hybridized carbons (Fsp3) is 0.417. The Kier molecular flexibility index (Phi) is 4.16. The molecule has 1 aliphatic rings. The minimum atomic E-state index is -0.849. The van der Waals surface area contributed by atoms with Gasteiger partial charge in [-0.2, -0.15) is 0 Å². The molecule has 1 N–H and O–H groups in total. The van der Waals surface area contributed by atoms with Crippen LogP contribution in [0.5, 0.6) is 0 Å². The molecule has 0 fully saturated rings. The first-order valence-corrected chi connectivity index (χ1v) is 6.50. The number of nitrogens with one attached hydrogen (secondary N) is 1. The second-order valence-corrected chi connectivity index (χ2v) is 5.05. The van der Waals surface area contributed by atoms with Crippen LogP contribution in [0, 0.1) is 11.6 Å². The Bertz CT molecular complexity index is 477. The van der Waals surface area contributed by atoms with Crippen LogP contribution < -0.4 is 5.32 Å². The van der Waals surface area contributed by atoms with Gasteiger partial charge in [-0.05, 0) is 24.1 Å². The molecule has 1 heterocycles. The summed E-state index contributed by atoms with van der Waals surface area (Å²) in [6.45, 7) is 2.15. The van der Waals surface area contributed by atoms with E-state index in [1.54, 1.807) is 0 Å². The number of nitrogens with zero attached hydrogens (tertiary/aromatic N) is 2. The largest absolute Gasteiger partial charge is 0.352 e. The predicted octanol–water partition coefficient (Wildman–Crippen LogP) is 2.51. The molecule has 1 aliphatic heterocycles. The number of rotatable bonds is 2. The zero-order valence-electron chi connectivity index (χ0n) is 10.0. The summed E-state index contributed by atoms with van der Waals surface area (Å²) in [6, 6.07) is 2.33. The van der Waals surface area contributed by atoms with Crippen molar-refractivity contribution in [1.82, 2.24) is 10.2 Å². The van der Waals surface area contributed by atoms with Gasteiger partial charge in [-0.1, -0.05) is 15.9 Å². The highest BCUT2D eigenvalue weighted by Crippen LogP contribution is 2.20. The average molecular weight is 318 g/mol. The van der Waals surface area contributed by atoms with Gasteiger partial charge in [-0.25, -0.2) is 8.78 Å². The lowest BCUT2D eigenvalue weighted by atomic mass is 10.2. The molecule has 1 aromatic rings. The highest BCUT2D eigenvalue weighted by molar-refractivity contribution is 9.10. The number of halogens is 3. The third kappa shape index (κ3) is 2.98.